The van der Waals surface area contributed by atoms with Gasteiger partial charge in [0.1, 0.15) is 0 Å². The van der Waals surface area contributed by atoms with Gasteiger partial charge in [0, 0.05) is 25.3 Å². The highest BCUT2D eigenvalue weighted by molar-refractivity contribution is 7.04. The number of benzene rings is 2. The third-order valence-electron chi connectivity index (χ3n) is 3.16. The second-order valence-electron chi connectivity index (χ2n) is 4.49. The molecule has 1 aromatic heterocycles. The van der Waals surface area contributed by atoms with E-state index >= 15 is 0 Å². The van der Waals surface area contributed by atoms with Crippen molar-refractivity contribution in [3.63, 3.8) is 0 Å². The summed E-state index contributed by atoms with van der Waals surface area (Å²) in [5.74, 6) is 0.906. The molecule has 0 atom stereocenters. The zero-order valence-corrected chi connectivity index (χ0v) is 12.8. The standard InChI is InChI=1S/C16H16N4S/c1-17-13-8-6-7-12(11-13)15-19-16(18-2)21-20(15)14-9-4-3-5-10-14/h3-11,17H,1-2H3. The Morgan fingerprint density at radius 1 is 1.10 bits per heavy atom. The van der Waals surface area contributed by atoms with E-state index in [0.717, 1.165) is 27.6 Å². The first-order chi connectivity index (χ1) is 10.3. The van der Waals surface area contributed by atoms with Crippen molar-refractivity contribution in [1.29, 1.82) is 0 Å². The first kappa shape index (κ1) is 13.6. The van der Waals surface area contributed by atoms with Crippen LogP contribution in [0.1, 0.15) is 0 Å². The summed E-state index contributed by atoms with van der Waals surface area (Å²) in [5.41, 5.74) is 3.22. The van der Waals surface area contributed by atoms with Gasteiger partial charge in [-0.25, -0.2) is 3.96 Å². The summed E-state index contributed by atoms with van der Waals surface area (Å²) >= 11 is 1.54. The van der Waals surface area contributed by atoms with Crippen LogP contribution < -0.4 is 10.1 Å². The van der Waals surface area contributed by atoms with Crippen molar-refractivity contribution in [3.05, 3.63) is 59.4 Å². The fraction of sp³-hybridized carbons (Fsp3) is 0.125. The van der Waals surface area contributed by atoms with Crippen LogP contribution in [-0.4, -0.2) is 23.0 Å². The highest BCUT2D eigenvalue weighted by atomic mass is 32.1. The molecule has 5 heteroatoms. The molecule has 0 aliphatic rings. The molecule has 21 heavy (non-hydrogen) atoms. The number of hydrogen-bond donors (Lipinski definition) is 1. The molecule has 3 aromatic rings. The highest BCUT2D eigenvalue weighted by Crippen LogP contribution is 2.24. The molecular weight excluding hydrogens is 280 g/mol. The maximum Gasteiger partial charge on any atom is 0.222 e. The lowest BCUT2D eigenvalue weighted by molar-refractivity contribution is 1.12. The Hall–Kier alpha value is -2.40. The molecule has 4 nitrogen and oxygen atoms in total. The summed E-state index contributed by atoms with van der Waals surface area (Å²) in [6.07, 6.45) is 0. The average Bonchev–Trinajstić information content (AvgIpc) is 3.00. The molecule has 106 valence electrons. The maximum absolute atomic E-state index is 4.64. The summed E-state index contributed by atoms with van der Waals surface area (Å²) in [6.45, 7) is 0. The average molecular weight is 296 g/mol. The third kappa shape index (κ3) is 2.73. The number of para-hydroxylation sites is 1. The number of nitrogens with one attached hydrogen (secondary N) is 1. The van der Waals surface area contributed by atoms with E-state index in [9.17, 15) is 0 Å². The SMILES string of the molecule is CN=c1nc(-c2cccc(NC)c2)n(-c2ccccc2)s1. The van der Waals surface area contributed by atoms with Crippen LogP contribution in [0.3, 0.4) is 0 Å². The number of hydrogen-bond acceptors (Lipinski definition) is 4. The van der Waals surface area contributed by atoms with Gasteiger partial charge in [0.25, 0.3) is 0 Å². The van der Waals surface area contributed by atoms with Crippen LogP contribution in [0.25, 0.3) is 17.1 Å². The molecule has 0 amide bonds. The monoisotopic (exact) mass is 296 g/mol. The van der Waals surface area contributed by atoms with E-state index in [4.69, 9.17) is 0 Å². The van der Waals surface area contributed by atoms with Gasteiger partial charge < -0.3 is 5.32 Å². The Morgan fingerprint density at radius 3 is 2.62 bits per heavy atom. The van der Waals surface area contributed by atoms with E-state index in [1.807, 2.05) is 37.4 Å². The molecule has 0 aliphatic heterocycles. The Bertz CT molecular complexity index is 802. The van der Waals surface area contributed by atoms with E-state index in [2.05, 4.69) is 43.5 Å². The van der Waals surface area contributed by atoms with Gasteiger partial charge in [0.15, 0.2) is 5.82 Å². The van der Waals surface area contributed by atoms with E-state index in [1.54, 1.807) is 7.05 Å². The molecule has 0 radical (unpaired) electrons. The quantitative estimate of drug-likeness (QED) is 0.806. The Morgan fingerprint density at radius 2 is 1.90 bits per heavy atom. The van der Waals surface area contributed by atoms with Crippen molar-refractivity contribution in [2.45, 2.75) is 0 Å². The second kappa shape index (κ2) is 5.93. The second-order valence-corrected chi connectivity index (χ2v) is 5.41. The normalized spacial score (nSPS) is 11.6. The topological polar surface area (TPSA) is 42.2 Å². The molecule has 0 saturated carbocycles. The highest BCUT2D eigenvalue weighted by Gasteiger charge is 2.10. The molecule has 2 aromatic carbocycles. The molecule has 0 aliphatic carbocycles. The summed E-state index contributed by atoms with van der Waals surface area (Å²) in [6, 6.07) is 18.4. The molecule has 0 bridgehead atoms. The first-order valence-electron chi connectivity index (χ1n) is 6.68. The fourth-order valence-corrected chi connectivity index (χ4v) is 2.94. The minimum absolute atomic E-state index is 0.767. The van der Waals surface area contributed by atoms with E-state index in [-0.39, 0.29) is 0 Å². The van der Waals surface area contributed by atoms with Crippen LogP contribution in [0.5, 0.6) is 0 Å². The summed E-state index contributed by atoms with van der Waals surface area (Å²) in [7, 11) is 3.68. The van der Waals surface area contributed by atoms with Crippen molar-refractivity contribution in [2.24, 2.45) is 4.99 Å². The number of rotatable bonds is 3. The third-order valence-corrected chi connectivity index (χ3v) is 4.16. The van der Waals surface area contributed by atoms with Crippen molar-refractivity contribution < 1.29 is 0 Å². The Kier molecular flexibility index (Phi) is 3.83. The Labute approximate surface area is 127 Å². The first-order valence-corrected chi connectivity index (χ1v) is 7.46. The van der Waals surface area contributed by atoms with Gasteiger partial charge in [0.05, 0.1) is 5.69 Å². The van der Waals surface area contributed by atoms with E-state index in [0.29, 0.717) is 0 Å². The van der Waals surface area contributed by atoms with Crippen molar-refractivity contribution in [1.82, 2.24) is 8.94 Å². The van der Waals surface area contributed by atoms with Gasteiger partial charge in [-0.3, -0.25) is 4.99 Å². The zero-order chi connectivity index (χ0) is 14.7. The predicted molar refractivity (Wildman–Crippen MR) is 87.9 cm³/mol. The molecular formula is C16H16N4S. The molecule has 0 unspecified atom stereocenters. The minimum atomic E-state index is 0.767. The van der Waals surface area contributed by atoms with Gasteiger partial charge in [0.2, 0.25) is 4.80 Å². The molecule has 0 saturated heterocycles. The van der Waals surface area contributed by atoms with Crippen molar-refractivity contribution in [3.8, 4) is 17.1 Å². The molecule has 1 N–H and O–H groups in total. The summed E-state index contributed by atoms with van der Waals surface area (Å²) in [5, 5.41) is 3.16. The fourth-order valence-electron chi connectivity index (χ4n) is 2.11. The summed E-state index contributed by atoms with van der Waals surface area (Å²) in [4.78, 5) is 9.62. The van der Waals surface area contributed by atoms with Gasteiger partial charge in [-0.2, -0.15) is 4.98 Å². The van der Waals surface area contributed by atoms with Crippen LogP contribution in [0, 0.1) is 0 Å². The molecule has 0 fully saturated rings. The van der Waals surface area contributed by atoms with Gasteiger partial charge in [-0.05, 0) is 35.8 Å². The zero-order valence-electron chi connectivity index (χ0n) is 11.9. The van der Waals surface area contributed by atoms with Crippen molar-refractivity contribution in [2.75, 3.05) is 19.4 Å². The predicted octanol–water partition coefficient (Wildman–Crippen LogP) is 3.17. The lowest BCUT2D eigenvalue weighted by Gasteiger charge is -2.07. The van der Waals surface area contributed by atoms with Crippen molar-refractivity contribution >= 4 is 17.2 Å². The molecule has 1 heterocycles. The van der Waals surface area contributed by atoms with E-state index in [1.165, 1.54) is 11.5 Å². The van der Waals surface area contributed by atoms with Gasteiger partial charge in [-0.1, -0.05) is 30.3 Å². The largest absolute Gasteiger partial charge is 0.388 e. The van der Waals surface area contributed by atoms with Gasteiger partial charge in [-0.15, -0.1) is 0 Å². The van der Waals surface area contributed by atoms with Crippen LogP contribution >= 0.6 is 11.5 Å². The van der Waals surface area contributed by atoms with Crippen LogP contribution in [-0.2, 0) is 0 Å². The smallest absolute Gasteiger partial charge is 0.222 e. The van der Waals surface area contributed by atoms with Crippen LogP contribution in [0.2, 0.25) is 0 Å². The number of nitrogens with zero attached hydrogens (tertiary/aromatic N) is 3. The molecule has 0 spiro atoms. The number of anilines is 1. The van der Waals surface area contributed by atoms with Crippen LogP contribution in [0.15, 0.2) is 59.6 Å². The molecule has 3 rings (SSSR count). The van der Waals surface area contributed by atoms with E-state index < -0.39 is 0 Å². The minimum Gasteiger partial charge on any atom is -0.388 e. The summed E-state index contributed by atoms with van der Waals surface area (Å²) < 4.78 is 2.11. The van der Waals surface area contributed by atoms with Gasteiger partial charge >= 0.3 is 0 Å². The maximum atomic E-state index is 4.64. The lowest BCUT2D eigenvalue weighted by atomic mass is 10.2. The lowest BCUT2D eigenvalue weighted by Crippen LogP contribution is -1.97. The number of aromatic nitrogens is 2. The van der Waals surface area contributed by atoms with Crippen LogP contribution in [0.4, 0.5) is 5.69 Å². The Balaban J connectivity index is 2.20.